The second-order valence-electron chi connectivity index (χ2n) is 2.10. The molecule has 64 valence electrons. The highest BCUT2D eigenvalue weighted by molar-refractivity contribution is 8.02. The minimum atomic E-state index is 0. The Morgan fingerprint density at radius 3 is 2.75 bits per heavy atom. The van der Waals surface area contributed by atoms with E-state index in [-0.39, 0.29) is 24.0 Å². The van der Waals surface area contributed by atoms with E-state index in [4.69, 9.17) is 0 Å². The van der Waals surface area contributed by atoms with Crippen LogP contribution in [0, 0.1) is 0 Å². The SMILES string of the molecule is CSc1sc2ccccc2[s+]1.[I-]. The summed E-state index contributed by atoms with van der Waals surface area (Å²) in [5, 5.41) is 0. The molecule has 1 aromatic carbocycles. The first-order valence-corrected chi connectivity index (χ1v) is 6.11. The van der Waals surface area contributed by atoms with Crippen LogP contribution in [-0.4, -0.2) is 6.26 Å². The van der Waals surface area contributed by atoms with Crippen LogP contribution >= 0.6 is 34.4 Å². The summed E-state index contributed by atoms with van der Waals surface area (Å²) in [7, 11) is 0. The van der Waals surface area contributed by atoms with Crippen molar-refractivity contribution in [1.29, 1.82) is 0 Å². The van der Waals surface area contributed by atoms with Crippen molar-refractivity contribution in [3.8, 4) is 0 Å². The summed E-state index contributed by atoms with van der Waals surface area (Å²) >= 11 is 5.59. The number of halogens is 1. The van der Waals surface area contributed by atoms with Gasteiger partial charge in [0.1, 0.15) is 22.7 Å². The van der Waals surface area contributed by atoms with E-state index in [2.05, 4.69) is 30.5 Å². The van der Waals surface area contributed by atoms with Crippen LogP contribution in [0.15, 0.2) is 27.8 Å². The van der Waals surface area contributed by atoms with Gasteiger partial charge in [-0.25, -0.2) is 0 Å². The van der Waals surface area contributed by atoms with Gasteiger partial charge in [0.2, 0.25) is 0 Å². The lowest BCUT2D eigenvalue weighted by Gasteiger charge is -1.73. The minimum absolute atomic E-state index is 0. The van der Waals surface area contributed by atoms with E-state index >= 15 is 0 Å². The molecule has 0 nitrogen and oxygen atoms in total. The average molecular weight is 326 g/mol. The topological polar surface area (TPSA) is 0 Å². The standard InChI is InChI=1S/C8H7S3.HI/c1-9-8-10-6-4-2-3-5-7(6)11-8;/h2-5H,1H3;1H/q+1;/p-1. The predicted molar refractivity (Wildman–Crippen MR) is 55.9 cm³/mol. The number of hydrogen-bond donors (Lipinski definition) is 0. The third kappa shape index (κ3) is 2.10. The van der Waals surface area contributed by atoms with Crippen LogP contribution in [0.3, 0.4) is 0 Å². The van der Waals surface area contributed by atoms with Gasteiger partial charge in [0.15, 0.2) is 9.40 Å². The van der Waals surface area contributed by atoms with Gasteiger partial charge >= 0.3 is 3.52 Å². The van der Waals surface area contributed by atoms with Crippen molar-refractivity contribution < 1.29 is 24.0 Å². The first-order valence-electron chi connectivity index (χ1n) is 3.26. The number of fused-ring (bicyclic) bond motifs is 1. The second kappa shape index (κ2) is 4.74. The predicted octanol–water partition coefficient (Wildman–Crippen LogP) is 0.970. The monoisotopic (exact) mass is 326 g/mol. The quantitative estimate of drug-likeness (QED) is 0.428. The maximum atomic E-state index is 2.18. The highest BCUT2D eigenvalue weighted by Crippen LogP contribution is 2.36. The molecule has 2 rings (SSSR count). The van der Waals surface area contributed by atoms with Crippen molar-refractivity contribution >= 4 is 43.8 Å². The lowest BCUT2D eigenvalue weighted by atomic mass is 10.4. The van der Waals surface area contributed by atoms with Crippen LogP contribution in [0.2, 0.25) is 0 Å². The zero-order valence-electron chi connectivity index (χ0n) is 6.41. The molecule has 0 spiro atoms. The molecule has 0 fully saturated rings. The van der Waals surface area contributed by atoms with E-state index in [0.717, 1.165) is 0 Å². The minimum Gasteiger partial charge on any atom is -1.00 e. The smallest absolute Gasteiger partial charge is 0.313 e. The molecule has 0 aliphatic carbocycles. The van der Waals surface area contributed by atoms with Gasteiger partial charge < -0.3 is 24.0 Å². The molecule has 0 atom stereocenters. The Balaban J connectivity index is 0.000000720. The van der Waals surface area contributed by atoms with E-state index < -0.39 is 0 Å². The lowest BCUT2D eigenvalue weighted by Crippen LogP contribution is -3.00. The number of hydrogen-bond acceptors (Lipinski definition) is 2. The molecule has 4 heteroatoms. The van der Waals surface area contributed by atoms with Gasteiger partial charge in [0.05, 0.1) is 0 Å². The summed E-state index contributed by atoms with van der Waals surface area (Å²) in [6.45, 7) is 0. The zero-order valence-corrected chi connectivity index (χ0v) is 11.0. The molecule has 0 unspecified atom stereocenters. The molecule has 0 aliphatic heterocycles. The molecule has 0 saturated heterocycles. The first kappa shape index (κ1) is 10.7. The fourth-order valence-corrected chi connectivity index (χ4v) is 4.05. The maximum Gasteiger partial charge on any atom is 0.313 e. The Kier molecular flexibility index (Phi) is 4.22. The van der Waals surface area contributed by atoms with Gasteiger partial charge in [-0.15, -0.1) is 0 Å². The van der Waals surface area contributed by atoms with Gasteiger partial charge in [0, 0.05) is 0 Å². The van der Waals surface area contributed by atoms with Crippen molar-refractivity contribution in [2.45, 2.75) is 3.52 Å². The molecule has 2 aromatic rings. The molecule has 0 amide bonds. The Labute approximate surface area is 101 Å². The van der Waals surface area contributed by atoms with Gasteiger partial charge in [-0.05, 0) is 18.4 Å². The normalized spacial score (nSPS) is 9.75. The molecular weight excluding hydrogens is 319 g/mol. The summed E-state index contributed by atoms with van der Waals surface area (Å²) in [5.41, 5.74) is 0. The first-order chi connectivity index (χ1) is 5.40. The Morgan fingerprint density at radius 2 is 2.08 bits per heavy atom. The van der Waals surface area contributed by atoms with E-state index in [1.54, 1.807) is 0 Å². The zero-order chi connectivity index (χ0) is 7.68. The van der Waals surface area contributed by atoms with E-state index in [9.17, 15) is 0 Å². The molecule has 0 N–H and O–H groups in total. The van der Waals surface area contributed by atoms with E-state index in [1.165, 1.54) is 12.9 Å². The second-order valence-corrected chi connectivity index (χ2v) is 5.80. The number of rotatable bonds is 1. The van der Waals surface area contributed by atoms with E-state index in [0.29, 0.717) is 0 Å². The van der Waals surface area contributed by atoms with Gasteiger partial charge in [-0.3, -0.25) is 0 Å². The van der Waals surface area contributed by atoms with Crippen molar-refractivity contribution in [1.82, 2.24) is 0 Å². The van der Waals surface area contributed by atoms with Crippen molar-refractivity contribution in [3.05, 3.63) is 24.3 Å². The summed E-state index contributed by atoms with van der Waals surface area (Å²) in [6, 6.07) is 8.54. The fraction of sp³-hybridized carbons (Fsp3) is 0.125. The summed E-state index contributed by atoms with van der Waals surface area (Å²) in [4.78, 5) is 0. The Bertz CT molecular complexity index is 336. The number of benzene rings is 1. The van der Waals surface area contributed by atoms with Crippen LogP contribution in [0.1, 0.15) is 0 Å². The van der Waals surface area contributed by atoms with Gasteiger partial charge in [-0.1, -0.05) is 23.9 Å². The molecule has 12 heavy (non-hydrogen) atoms. The molecule has 0 saturated carbocycles. The van der Waals surface area contributed by atoms with Crippen molar-refractivity contribution in [2.75, 3.05) is 6.26 Å². The van der Waals surface area contributed by atoms with Crippen molar-refractivity contribution in [3.63, 3.8) is 0 Å². The lowest BCUT2D eigenvalue weighted by molar-refractivity contribution is -0.00000199. The highest BCUT2D eigenvalue weighted by Gasteiger charge is 2.12. The van der Waals surface area contributed by atoms with Crippen LogP contribution in [-0.2, 0) is 0 Å². The average Bonchev–Trinajstić information content (AvgIpc) is 2.46. The van der Waals surface area contributed by atoms with Crippen LogP contribution in [0.25, 0.3) is 9.40 Å². The van der Waals surface area contributed by atoms with Gasteiger partial charge in [0.25, 0.3) is 0 Å². The maximum absolute atomic E-state index is 2.18. The van der Waals surface area contributed by atoms with Crippen LogP contribution in [0.5, 0.6) is 0 Å². The van der Waals surface area contributed by atoms with Crippen LogP contribution in [0.4, 0.5) is 0 Å². The van der Waals surface area contributed by atoms with Crippen molar-refractivity contribution in [2.24, 2.45) is 0 Å². The van der Waals surface area contributed by atoms with E-state index in [1.807, 2.05) is 34.4 Å². The fourth-order valence-electron chi connectivity index (χ4n) is 0.903. The molecule has 0 aliphatic rings. The van der Waals surface area contributed by atoms with Gasteiger partial charge in [-0.2, -0.15) is 0 Å². The third-order valence-electron chi connectivity index (χ3n) is 1.40. The number of thioether (sulfide) groups is 1. The summed E-state index contributed by atoms with van der Waals surface area (Å²) in [6.07, 6.45) is 2.13. The summed E-state index contributed by atoms with van der Waals surface area (Å²) < 4.78 is 4.25. The molecule has 1 aromatic heterocycles. The summed E-state index contributed by atoms with van der Waals surface area (Å²) in [5.74, 6) is 0. The highest BCUT2D eigenvalue weighted by atomic mass is 127. The third-order valence-corrected chi connectivity index (χ3v) is 5.35. The Hall–Kier alpha value is 0.610. The molecule has 1 heterocycles. The largest absolute Gasteiger partial charge is 1.00 e. The molecule has 0 radical (unpaired) electrons. The Morgan fingerprint density at radius 1 is 1.33 bits per heavy atom. The van der Waals surface area contributed by atoms with Crippen LogP contribution < -0.4 is 24.0 Å². The molecular formula is C8H7IS3. The molecule has 0 bridgehead atoms.